The summed E-state index contributed by atoms with van der Waals surface area (Å²) in [6, 6.07) is 39.0. The minimum atomic E-state index is 0.518. The van der Waals surface area contributed by atoms with Crippen LogP contribution in [0.5, 0.6) is 0 Å². The Labute approximate surface area is 225 Å². The van der Waals surface area contributed by atoms with Crippen molar-refractivity contribution in [2.24, 2.45) is 5.92 Å². The molecule has 6 aromatic rings. The van der Waals surface area contributed by atoms with E-state index in [1.807, 2.05) is 6.07 Å². The lowest BCUT2D eigenvalue weighted by molar-refractivity contribution is 0.579. The molecule has 2 aromatic heterocycles. The molecule has 1 atom stereocenters. The molecule has 0 saturated carbocycles. The summed E-state index contributed by atoms with van der Waals surface area (Å²) in [5.74, 6) is 0.518. The number of aryl methyl sites for hydroxylation is 2. The molecule has 2 nitrogen and oxygen atoms in total. The highest BCUT2D eigenvalue weighted by molar-refractivity contribution is 5.85. The molecule has 4 aromatic carbocycles. The SMILES string of the molecule is Cc1cc(C)cc(-c2ccc3c(CC(C)Cc4ccc(-c5ccc6ccccc6n5)cc4)cccc3n2)c1. The number of pyridine rings is 2. The summed E-state index contributed by atoms with van der Waals surface area (Å²) in [5.41, 5.74) is 11.8. The molecule has 0 amide bonds. The number of hydrogen-bond donors (Lipinski definition) is 0. The van der Waals surface area contributed by atoms with Crippen LogP contribution in [0.4, 0.5) is 0 Å². The molecule has 186 valence electrons. The second kappa shape index (κ2) is 10.2. The molecule has 6 rings (SSSR count). The highest BCUT2D eigenvalue weighted by Crippen LogP contribution is 2.27. The van der Waals surface area contributed by atoms with Crippen LogP contribution < -0.4 is 0 Å². The predicted molar refractivity (Wildman–Crippen MR) is 160 cm³/mol. The van der Waals surface area contributed by atoms with Gasteiger partial charge in [0.05, 0.1) is 22.4 Å². The van der Waals surface area contributed by atoms with E-state index in [-0.39, 0.29) is 0 Å². The summed E-state index contributed by atoms with van der Waals surface area (Å²) in [7, 11) is 0. The molecular weight excluding hydrogens is 460 g/mol. The van der Waals surface area contributed by atoms with Crippen LogP contribution in [0, 0.1) is 19.8 Å². The van der Waals surface area contributed by atoms with E-state index in [0.29, 0.717) is 5.92 Å². The van der Waals surface area contributed by atoms with Crippen molar-refractivity contribution in [3.8, 4) is 22.5 Å². The number of benzene rings is 4. The zero-order chi connectivity index (χ0) is 26.1. The standard InChI is InChI=1S/C36H32N2/c1-24-19-25(2)23-31(22-24)35-18-16-32-30(8-6-10-36(32)38-35)21-26(3)20-27-11-13-29(14-12-27)34-17-15-28-7-4-5-9-33(28)37-34/h4-19,22-23,26H,20-21H2,1-3H3. The minimum Gasteiger partial charge on any atom is -0.248 e. The van der Waals surface area contributed by atoms with Crippen LogP contribution in [0.3, 0.4) is 0 Å². The van der Waals surface area contributed by atoms with Gasteiger partial charge in [-0.25, -0.2) is 9.97 Å². The van der Waals surface area contributed by atoms with Crippen LogP contribution in [-0.4, -0.2) is 9.97 Å². The van der Waals surface area contributed by atoms with E-state index in [4.69, 9.17) is 9.97 Å². The zero-order valence-corrected chi connectivity index (χ0v) is 22.3. The van der Waals surface area contributed by atoms with Gasteiger partial charge < -0.3 is 0 Å². The molecule has 0 aliphatic carbocycles. The maximum absolute atomic E-state index is 5.03. The Morgan fingerprint density at radius 3 is 2.08 bits per heavy atom. The summed E-state index contributed by atoms with van der Waals surface area (Å²) in [6.45, 7) is 6.63. The van der Waals surface area contributed by atoms with Gasteiger partial charge in [0.1, 0.15) is 0 Å². The van der Waals surface area contributed by atoms with Crippen molar-refractivity contribution in [2.75, 3.05) is 0 Å². The molecule has 0 bridgehead atoms. The monoisotopic (exact) mass is 492 g/mol. The van der Waals surface area contributed by atoms with Crippen molar-refractivity contribution in [2.45, 2.75) is 33.6 Å². The van der Waals surface area contributed by atoms with Crippen molar-refractivity contribution in [3.63, 3.8) is 0 Å². The summed E-state index contributed by atoms with van der Waals surface area (Å²) in [6.07, 6.45) is 2.06. The summed E-state index contributed by atoms with van der Waals surface area (Å²) >= 11 is 0. The summed E-state index contributed by atoms with van der Waals surface area (Å²) < 4.78 is 0. The average molecular weight is 493 g/mol. The van der Waals surface area contributed by atoms with Crippen LogP contribution in [-0.2, 0) is 12.8 Å². The van der Waals surface area contributed by atoms with Gasteiger partial charge in [-0.3, -0.25) is 0 Å². The molecule has 38 heavy (non-hydrogen) atoms. The van der Waals surface area contributed by atoms with Gasteiger partial charge >= 0.3 is 0 Å². The van der Waals surface area contributed by atoms with Crippen molar-refractivity contribution >= 4 is 21.8 Å². The Morgan fingerprint density at radius 2 is 1.26 bits per heavy atom. The lowest BCUT2D eigenvalue weighted by Crippen LogP contribution is -2.04. The van der Waals surface area contributed by atoms with E-state index in [0.717, 1.165) is 40.8 Å². The van der Waals surface area contributed by atoms with Crippen molar-refractivity contribution < 1.29 is 0 Å². The Bertz CT molecular complexity index is 1730. The average Bonchev–Trinajstić information content (AvgIpc) is 2.92. The summed E-state index contributed by atoms with van der Waals surface area (Å²) in [4.78, 5) is 9.88. The quantitative estimate of drug-likeness (QED) is 0.232. The Balaban J connectivity index is 1.18. The lowest BCUT2D eigenvalue weighted by atomic mass is 9.91. The van der Waals surface area contributed by atoms with E-state index in [9.17, 15) is 0 Å². The number of nitrogens with zero attached hydrogens (tertiary/aromatic N) is 2. The van der Waals surface area contributed by atoms with Gasteiger partial charge in [-0.1, -0.05) is 90.8 Å². The molecule has 2 heterocycles. The predicted octanol–water partition coefficient (Wildman–Crippen LogP) is 9.16. The number of para-hydroxylation sites is 1. The van der Waals surface area contributed by atoms with Gasteiger partial charge in [0, 0.05) is 21.9 Å². The molecule has 0 radical (unpaired) electrons. The molecular formula is C36H32N2. The fourth-order valence-corrected chi connectivity index (χ4v) is 5.57. The third-order valence-electron chi connectivity index (χ3n) is 7.34. The first-order valence-electron chi connectivity index (χ1n) is 13.4. The number of fused-ring (bicyclic) bond motifs is 2. The van der Waals surface area contributed by atoms with Crippen LogP contribution in [0.2, 0.25) is 0 Å². The van der Waals surface area contributed by atoms with Gasteiger partial charge in [0.2, 0.25) is 0 Å². The maximum atomic E-state index is 5.03. The van der Waals surface area contributed by atoms with E-state index in [2.05, 4.69) is 124 Å². The smallest absolute Gasteiger partial charge is 0.0712 e. The molecule has 0 N–H and O–H groups in total. The normalized spacial score (nSPS) is 12.2. The van der Waals surface area contributed by atoms with Gasteiger partial charge in [-0.15, -0.1) is 0 Å². The van der Waals surface area contributed by atoms with Crippen LogP contribution in [0.15, 0.2) is 109 Å². The van der Waals surface area contributed by atoms with Crippen molar-refractivity contribution in [1.82, 2.24) is 9.97 Å². The lowest BCUT2D eigenvalue weighted by Gasteiger charge is -2.14. The van der Waals surface area contributed by atoms with E-state index in [1.165, 1.54) is 38.6 Å². The topological polar surface area (TPSA) is 25.8 Å². The largest absolute Gasteiger partial charge is 0.248 e. The van der Waals surface area contributed by atoms with Crippen LogP contribution in [0.25, 0.3) is 44.3 Å². The molecule has 2 heteroatoms. The molecule has 0 aliphatic heterocycles. The minimum absolute atomic E-state index is 0.518. The zero-order valence-electron chi connectivity index (χ0n) is 22.3. The van der Waals surface area contributed by atoms with Crippen LogP contribution >= 0.6 is 0 Å². The Morgan fingerprint density at radius 1 is 0.579 bits per heavy atom. The van der Waals surface area contributed by atoms with Gasteiger partial charge in [0.25, 0.3) is 0 Å². The summed E-state index contributed by atoms with van der Waals surface area (Å²) in [5, 5.41) is 2.43. The fourth-order valence-electron chi connectivity index (χ4n) is 5.57. The number of rotatable bonds is 6. The molecule has 1 unspecified atom stereocenters. The fraction of sp³-hybridized carbons (Fsp3) is 0.167. The second-order valence-corrected chi connectivity index (χ2v) is 10.7. The second-order valence-electron chi connectivity index (χ2n) is 10.7. The third-order valence-corrected chi connectivity index (χ3v) is 7.34. The first-order valence-corrected chi connectivity index (χ1v) is 13.4. The highest BCUT2D eigenvalue weighted by atomic mass is 14.7. The molecule has 0 saturated heterocycles. The van der Waals surface area contributed by atoms with Gasteiger partial charge in [-0.05, 0) is 80.1 Å². The van der Waals surface area contributed by atoms with Crippen molar-refractivity contribution in [3.05, 3.63) is 131 Å². The maximum Gasteiger partial charge on any atom is 0.0712 e. The Kier molecular flexibility index (Phi) is 6.47. The Hall–Kier alpha value is -4.30. The van der Waals surface area contributed by atoms with Gasteiger partial charge in [0.15, 0.2) is 0 Å². The molecule has 0 spiro atoms. The molecule has 0 aliphatic rings. The first kappa shape index (κ1) is 24.1. The first-order chi connectivity index (χ1) is 18.5. The van der Waals surface area contributed by atoms with E-state index >= 15 is 0 Å². The number of hydrogen-bond acceptors (Lipinski definition) is 2. The third kappa shape index (κ3) is 5.08. The highest BCUT2D eigenvalue weighted by Gasteiger charge is 2.11. The van der Waals surface area contributed by atoms with Gasteiger partial charge in [-0.2, -0.15) is 0 Å². The van der Waals surface area contributed by atoms with E-state index < -0.39 is 0 Å². The molecule has 0 fully saturated rings. The van der Waals surface area contributed by atoms with Crippen molar-refractivity contribution in [1.29, 1.82) is 0 Å². The van der Waals surface area contributed by atoms with Crippen LogP contribution in [0.1, 0.15) is 29.2 Å². The number of aromatic nitrogens is 2. The van der Waals surface area contributed by atoms with E-state index in [1.54, 1.807) is 0 Å².